The first kappa shape index (κ1) is 13.0. The molecule has 1 aliphatic carbocycles. The van der Waals surface area contributed by atoms with E-state index in [1.165, 1.54) is 28.8 Å². The van der Waals surface area contributed by atoms with Crippen molar-refractivity contribution in [2.75, 3.05) is 7.11 Å². The Morgan fingerprint density at radius 1 is 1.32 bits per heavy atom. The van der Waals surface area contributed by atoms with Crippen LogP contribution in [0.5, 0.6) is 5.75 Å². The van der Waals surface area contributed by atoms with E-state index in [4.69, 9.17) is 16.3 Å². The van der Waals surface area contributed by atoms with Crippen molar-refractivity contribution in [1.82, 2.24) is 5.32 Å². The topological polar surface area (TPSA) is 21.3 Å². The lowest BCUT2D eigenvalue weighted by atomic mass is 10.1. The third-order valence-electron chi connectivity index (χ3n) is 3.31. The molecule has 3 rings (SSSR count). The minimum absolute atomic E-state index is 0.700. The van der Waals surface area contributed by atoms with Crippen LogP contribution in [0, 0.1) is 0 Å². The van der Waals surface area contributed by atoms with Gasteiger partial charge in [-0.05, 0) is 54.3 Å². The predicted molar refractivity (Wildman–Crippen MR) is 81.2 cm³/mol. The number of thiophene rings is 1. The second-order valence-corrected chi connectivity index (χ2v) is 6.50. The molecule has 1 N–H and O–H groups in total. The Hall–Kier alpha value is -1.03. The highest BCUT2D eigenvalue weighted by Gasteiger charge is 2.21. The van der Waals surface area contributed by atoms with Gasteiger partial charge in [-0.3, -0.25) is 0 Å². The number of rotatable bonds is 5. The number of hydrogen-bond donors (Lipinski definition) is 1. The molecule has 0 atom stereocenters. The zero-order valence-corrected chi connectivity index (χ0v) is 12.4. The number of benzene rings is 1. The molecule has 2 nitrogen and oxygen atoms in total. The maximum Gasteiger partial charge on any atom is 0.119 e. The maximum atomic E-state index is 6.04. The van der Waals surface area contributed by atoms with Crippen molar-refractivity contribution in [3.8, 4) is 16.2 Å². The Balaban J connectivity index is 1.91. The standard InChI is InChI=1S/C15H16ClNOS/c1-18-12-4-5-13(14-6-7-15(16)19-14)10(8-12)9-17-11-2-3-11/h4-8,11,17H,2-3,9H2,1H3. The monoisotopic (exact) mass is 293 g/mol. The third-order valence-corrected chi connectivity index (χ3v) is 4.57. The van der Waals surface area contributed by atoms with Crippen molar-refractivity contribution in [3.63, 3.8) is 0 Å². The van der Waals surface area contributed by atoms with Gasteiger partial charge in [0.05, 0.1) is 11.4 Å². The summed E-state index contributed by atoms with van der Waals surface area (Å²) in [6.45, 7) is 0.882. The molecule has 0 unspecified atom stereocenters. The summed E-state index contributed by atoms with van der Waals surface area (Å²) in [6, 6.07) is 11.0. The molecule has 19 heavy (non-hydrogen) atoms. The van der Waals surface area contributed by atoms with E-state index in [0.717, 1.165) is 16.6 Å². The van der Waals surface area contributed by atoms with Crippen molar-refractivity contribution < 1.29 is 4.74 Å². The summed E-state index contributed by atoms with van der Waals surface area (Å²) in [5, 5.41) is 3.56. The van der Waals surface area contributed by atoms with Gasteiger partial charge in [0, 0.05) is 17.5 Å². The fraction of sp³-hybridized carbons (Fsp3) is 0.333. The highest BCUT2D eigenvalue weighted by molar-refractivity contribution is 7.19. The molecular formula is C15H16ClNOS. The molecule has 0 bridgehead atoms. The van der Waals surface area contributed by atoms with E-state index in [0.29, 0.717) is 6.04 Å². The van der Waals surface area contributed by atoms with Gasteiger partial charge in [-0.1, -0.05) is 11.6 Å². The molecule has 0 aliphatic heterocycles. The van der Waals surface area contributed by atoms with E-state index in [1.54, 1.807) is 18.4 Å². The van der Waals surface area contributed by atoms with Crippen LogP contribution in [0.4, 0.5) is 0 Å². The molecule has 1 fully saturated rings. The van der Waals surface area contributed by atoms with E-state index >= 15 is 0 Å². The molecule has 4 heteroatoms. The van der Waals surface area contributed by atoms with Crippen LogP contribution < -0.4 is 10.1 Å². The van der Waals surface area contributed by atoms with Crippen LogP contribution in [0.25, 0.3) is 10.4 Å². The minimum Gasteiger partial charge on any atom is -0.497 e. The summed E-state index contributed by atoms with van der Waals surface area (Å²) in [4.78, 5) is 1.21. The number of hydrogen-bond acceptors (Lipinski definition) is 3. The van der Waals surface area contributed by atoms with Crippen molar-refractivity contribution in [2.24, 2.45) is 0 Å². The Bertz CT molecular complexity index is 577. The highest BCUT2D eigenvalue weighted by Crippen LogP contribution is 2.35. The van der Waals surface area contributed by atoms with Gasteiger partial charge in [-0.15, -0.1) is 11.3 Å². The van der Waals surface area contributed by atoms with Crippen molar-refractivity contribution in [2.45, 2.75) is 25.4 Å². The third kappa shape index (κ3) is 3.11. The van der Waals surface area contributed by atoms with E-state index in [2.05, 4.69) is 23.5 Å². The number of halogens is 1. The molecule has 1 saturated carbocycles. The fourth-order valence-electron chi connectivity index (χ4n) is 2.08. The Kier molecular flexibility index (Phi) is 3.78. The molecule has 0 saturated heterocycles. The number of ether oxygens (including phenoxy) is 1. The van der Waals surface area contributed by atoms with Crippen LogP contribution in [0.3, 0.4) is 0 Å². The smallest absolute Gasteiger partial charge is 0.119 e. The van der Waals surface area contributed by atoms with Crippen LogP contribution in [0.1, 0.15) is 18.4 Å². The van der Waals surface area contributed by atoms with Crippen LogP contribution in [-0.2, 0) is 6.54 Å². The van der Waals surface area contributed by atoms with Crippen LogP contribution in [0.2, 0.25) is 4.34 Å². The van der Waals surface area contributed by atoms with Gasteiger partial charge in [0.2, 0.25) is 0 Å². The second-order valence-electron chi connectivity index (χ2n) is 4.78. The summed E-state index contributed by atoms with van der Waals surface area (Å²) >= 11 is 7.65. The van der Waals surface area contributed by atoms with Gasteiger partial charge in [0.1, 0.15) is 5.75 Å². The van der Waals surface area contributed by atoms with E-state index in [9.17, 15) is 0 Å². The summed E-state index contributed by atoms with van der Waals surface area (Å²) in [6.07, 6.45) is 2.59. The van der Waals surface area contributed by atoms with E-state index in [-0.39, 0.29) is 0 Å². The lowest BCUT2D eigenvalue weighted by Crippen LogP contribution is -2.15. The Morgan fingerprint density at radius 3 is 2.79 bits per heavy atom. The molecule has 2 aromatic rings. The van der Waals surface area contributed by atoms with Gasteiger partial charge in [0.15, 0.2) is 0 Å². The quantitative estimate of drug-likeness (QED) is 0.886. The SMILES string of the molecule is COc1ccc(-c2ccc(Cl)s2)c(CNC2CC2)c1. The van der Waals surface area contributed by atoms with Crippen LogP contribution in [0.15, 0.2) is 30.3 Å². The second kappa shape index (κ2) is 5.53. The van der Waals surface area contributed by atoms with E-state index < -0.39 is 0 Å². The number of methoxy groups -OCH3 is 1. The van der Waals surface area contributed by atoms with Crippen LogP contribution >= 0.6 is 22.9 Å². The summed E-state index contributed by atoms with van der Waals surface area (Å²) in [5.41, 5.74) is 2.51. The fourth-order valence-corrected chi connectivity index (χ4v) is 3.19. The Morgan fingerprint density at radius 2 is 2.16 bits per heavy atom. The van der Waals surface area contributed by atoms with Crippen molar-refractivity contribution >= 4 is 22.9 Å². The zero-order valence-electron chi connectivity index (χ0n) is 10.8. The predicted octanol–water partition coefficient (Wildman–Crippen LogP) is 4.33. The summed E-state index contributed by atoms with van der Waals surface area (Å²) in [7, 11) is 1.70. The summed E-state index contributed by atoms with van der Waals surface area (Å²) in [5.74, 6) is 0.902. The molecule has 1 aromatic heterocycles. The molecule has 100 valence electrons. The van der Waals surface area contributed by atoms with Gasteiger partial charge >= 0.3 is 0 Å². The van der Waals surface area contributed by atoms with Crippen molar-refractivity contribution in [1.29, 1.82) is 0 Å². The molecule has 1 aromatic carbocycles. The van der Waals surface area contributed by atoms with Gasteiger partial charge in [-0.25, -0.2) is 0 Å². The molecular weight excluding hydrogens is 278 g/mol. The lowest BCUT2D eigenvalue weighted by Gasteiger charge is -2.11. The van der Waals surface area contributed by atoms with Gasteiger partial charge in [0.25, 0.3) is 0 Å². The summed E-state index contributed by atoms with van der Waals surface area (Å²) < 4.78 is 6.15. The first-order chi connectivity index (χ1) is 9.26. The average molecular weight is 294 g/mol. The van der Waals surface area contributed by atoms with Crippen molar-refractivity contribution in [3.05, 3.63) is 40.2 Å². The molecule has 1 heterocycles. The molecule has 1 aliphatic rings. The molecule has 0 amide bonds. The highest BCUT2D eigenvalue weighted by atomic mass is 35.5. The van der Waals surface area contributed by atoms with Gasteiger partial charge in [-0.2, -0.15) is 0 Å². The first-order valence-electron chi connectivity index (χ1n) is 6.42. The first-order valence-corrected chi connectivity index (χ1v) is 7.62. The molecule has 0 radical (unpaired) electrons. The lowest BCUT2D eigenvalue weighted by molar-refractivity contribution is 0.414. The maximum absolute atomic E-state index is 6.04. The zero-order chi connectivity index (χ0) is 13.2. The molecule has 0 spiro atoms. The number of nitrogens with one attached hydrogen (secondary N) is 1. The largest absolute Gasteiger partial charge is 0.497 e. The minimum atomic E-state index is 0.700. The van der Waals surface area contributed by atoms with E-state index in [1.807, 2.05) is 12.1 Å². The Labute approximate surface area is 122 Å². The van der Waals surface area contributed by atoms with Gasteiger partial charge < -0.3 is 10.1 Å². The van der Waals surface area contributed by atoms with Crippen LogP contribution in [-0.4, -0.2) is 13.2 Å². The normalized spacial score (nSPS) is 14.6. The average Bonchev–Trinajstić information content (AvgIpc) is 3.17.